The fourth-order valence-corrected chi connectivity index (χ4v) is 4.28. The lowest BCUT2D eigenvalue weighted by molar-refractivity contribution is -0.120. The second kappa shape index (κ2) is 9.17. The Kier molecular flexibility index (Phi) is 6.33. The zero-order valence-corrected chi connectivity index (χ0v) is 19.3. The van der Waals surface area contributed by atoms with Gasteiger partial charge in [0.05, 0.1) is 11.6 Å². The summed E-state index contributed by atoms with van der Waals surface area (Å²) in [5, 5.41) is 8.29. The molecular formula is C25H27ClN4O2. The molecule has 2 heterocycles. The number of para-hydroxylation sites is 1. The molecule has 0 saturated carbocycles. The standard InChI is InChI=1S/C25H27ClN4O2/c1-16-9-10-20(14-21(16)26)30-23(31)12-11-22(28-30)29-13-5-8-19(15-29)25(32)27-24-17(2)6-4-7-18(24)3/h4,6-7,9-12,14,19H,5,8,13,15H2,1-3H3,(H,27,32)/t19-/m1/s1. The summed E-state index contributed by atoms with van der Waals surface area (Å²) in [7, 11) is 0. The van der Waals surface area contributed by atoms with E-state index in [0.29, 0.717) is 23.1 Å². The fraction of sp³-hybridized carbons (Fsp3) is 0.320. The van der Waals surface area contributed by atoms with Crippen molar-refractivity contribution >= 4 is 29.0 Å². The number of anilines is 2. The van der Waals surface area contributed by atoms with Gasteiger partial charge >= 0.3 is 0 Å². The first-order chi connectivity index (χ1) is 15.3. The molecule has 1 N–H and O–H groups in total. The minimum absolute atomic E-state index is 0.0192. The quantitative estimate of drug-likeness (QED) is 0.627. The normalized spacial score (nSPS) is 16.1. The summed E-state index contributed by atoms with van der Waals surface area (Å²) in [4.78, 5) is 27.6. The van der Waals surface area contributed by atoms with Gasteiger partial charge in [-0.05, 0) is 68.5 Å². The van der Waals surface area contributed by atoms with E-state index in [-0.39, 0.29) is 17.4 Å². The van der Waals surface area contributed by atoms with Crippen LogP contribution in [-0.2, 0) is 4.79 Å². The Hall–Kier alpha value is -3.12. The molecule has 6 nitrogen and oxygen atoms in total. The van der Waals surface area contributed by atoms with Crippen LogP contribution in [0.25, 0.3) is 5.69 Å². The molecule has 0 aliphatic carbocycles. The second-order valence-corrected chi connectivity index (χ2v) is 8.82. The lowest BCUT2D eigenvalue weighted by atomic mass is 9.96. The highest BCUT2D eigenvalue weighted by Crippen LogP contribution is 2.25. The molecule has 0 unspecified atom stereocenters. The van der Waals surface area contributed by atoms with Gasteiger partial charge < -0.3 is 10.2 Å². The first-order valence-corrected chi connectivity index (χ1v) is 11.2. The number of piperidine rings is 1. The molecule has 166 valence electrons. The SMILES string of the molecule is Cc1ccc(-n2nc(N3CCC[C@@H](C(=O)Nc4c(C)cccc4C)C3)ccc2=O)cc1Cl. The maximum Gasteiger partial charge on any atom is 0.271 e. The number of carbonyl (C=O) groups is 1. The molecule has 7 heteroatoms. The number of hydrogen-bond donors (Lipinski definition) is 1. The first-order valence-electron chi connectivity index (χ1n) is 10.8. The van der Waals surface area contributed by atoms with Crippen molar-refractivity contribution in [1.29, 1.82) is 0 Å². The Morgan fingerprint density at radius 3 is 2.53 bits per heavy atom. The molecule has 4 rings (SSSR count). The van der Waals surface area contributed by atoms with Crippen molar-refractivity contribution in [2.45, 2.75) is 33.6 Å². The van der Waals surface area contributed by atoms with E-state index in [2.05, 4.69) is 15.3 Å². The van der Waals surface area contributed by atoms with Crippen LogP contribution in [0.1, 0.15) is 29.5 Å². The summed E-state index contributed by atoms with van der Waals surface area (Å²) in [5.74, 6) is 0.537. The number of benzene rings is 2. The summed E-state index contributed by atoms with van der Waals surface area (Å²) >= 11 is 6.25. The zero-order chi connectivity index (χ0) is 22.8. The molecular weight excluding hydrogens is 424 g/mol. The average Bonchev–Trinajstić information content (AvgIpc) is 2.78. The van der Waals surface area contributed by atoms with Crippen molar-refractivity contribution in [2.24, 2.45) is 5.92 Å². The topological polar surface area (TPSA) is 67.2 Å². The van der Waals surface area contributed by atoms with Crippen LogP contribution in [0.4, 0.5) is 11.5 Å². The Morgan fingerprint density at radius 1 is 1.06 bits per heavy atom. The Balaban J connectivity index is 1.55. The maximum absolute atomic E-state index is 13.0. The molecule has 1 fully saturated rings. The second-order valence-electron chi connectivity index (χ2n) is 8.42. The Labute approximate surface area is 192 Å². The van der Waals surface area contributed by atoms with Gasteiger partial charge in [0, 0.05) is 29.9 Å². The van der Waals surface area contributed by atoms with Crippen LogP contribution < -0.4 is 15.8 Å². The number of nitrogens with zero attached hydrogens (tertiary/aromatic N) is 3. The Morgan fingerprint density at radius 2 is 1.81 bits per heavy atom. The molecule has 0 bridgehead atoms. The van der Waals surface area contributed by atoms with Crippen LogP contribution >= 0.6 is 11.6 Å². The van der Waals surface area contributed by atoms with Crippen molar-refractivity contribution in [2.75, 3.05) is 23.3 Å². The van der Waals surface area contributed by atoms with Gasteiger partial charge in [0.1, 0.15) is 5.82 Å². The summed E-state index contributed by atoms with van der Waals surface area (Å²) in [6.45, 7) is 7.25. The minimum Gasteiger partial charge on any atom is -0.354 e. The molecule has 1 aromatic heterocycles. The molecule has 1 atom stereocenters. The molecule has 1 saturated heterocycles. The maximum atomic E-state index is 13.0. The van der Waals surface area contributed by atoms with Crippen molar-refractivity contribution < 1.29 is 4.79 Å². The van der Waals surface area contributed by atoms with E-state index in [1.54, 1.807) is 12.1 Å². The van der Waals surface area contributed by atoms with Crippen LogP contribution in [0.5, 0.6) is 0 Å². The van der Waals surface area contributed by atoms with Crippen molar-refractivity contribution in [3.63, 3.8) is 0 Å². The molecule has 1 aliphatic heterocycles. The monoisotopic (exact) mass is 450 g/mol. The molecule has 0 radical (unpaired) electrons. The highest BCUT2D eigenvalue weighted by molar-refractivity contribution is 6.31. The van der Waals surface area contributed by atoms with Gasteiger partial charge in [-0.1, -0.05) is 35.9 Å². The number of aromatic nitrogens is 2. The Bertz CT molecular complexity index is 1200. The number of rotatable bonds is 4. The predicted octanol–water partition coefficient (Wildman–Crippen LogP) is 4.67. The third-order valence-corrected chi connectivity index (χ3v) is 6.44. The van der Waals surface area contributed by atoms with Crippen LogP contribution in [-0.4, -0.2) is 28.8 Å². The number of halogens is 1. The number of nitrogens with one attached hydrogen (secondary N) is 1. The van der Waals surface area contributed by atoms with Crippen LogP contribution in [0.3, 0.4) is 0 Å². The van der Waals surface area contributed by atoms with E-state index < -0.39 is 0 Å². The van der Waals surface area contributed by atoms with Crippen molar-refractivity contribution in [3.8, 4) is 5.69 Å². The van der Waals surface area contributed by atoms with Gasteiger partial charge in [0.15, 0.2) is 0 Å². The van der Waals surface area contributed by atoms with E-state index in [9.17, 15) is 9.59 Å². The van der Waals surface area contributed by atoms with E-state index in [0.717, 1.165) is 41.8 Å². The van der Waals surface area contributed by atoms with Crippen molar-refractivity contribution in [1.82, 2.24) is 9.78 Å². The smallest absolute Gasteiger partial charge is 0.271 e. The summed E-state index contributed by atoms with van der Waals surface area (Å²) in [5.41, 5.74) is 4.32. The van der Waals surface area contributed by atoms with Gasteiger partial charge in [-0.15, -0.1) is 5.10 Å². The lowest BCUT2D eigenvalue weighted by Gasteiger charge is -2.33. The molecule has 0 spiro atoms. The molecule has 1 aliphatic rings. The first kappa shape index (κ1) is 22.1. The van der Waals surface area contributed by atoms with E-state index >= 15 is 0 Å². The van der Waals surface area contributed by atoms with E-state index in [1.165, 1.54) is 10.7 Å². The van der Waals surface area contributed by atoms with E-state index in [1.807, 2.05) is 51.1 Å². The number of amides is 1. The lowest BCUT2D eigenvalue weighted by Crippen LogP contribution is -2.42. The minimum atomic E-state index is -0.227. The summed E-state index contributed by atoms with van der Waals surface area (Å²) in [6.07, 6.45) is 1.70. The van der Waals surface area contributed by atoms with Gasteiger partial charge in [-0.2, -0.15) is 4.68 Å². The largest absolute Gasteiger partial charge is 0.354 e. The van der Waals surface area contributed by atoms with Gasteiger partial charge in [0.25, 0.3) is 5.56 Å². The van der Waals surface area contributed by atoms with Crippen LogP contribution in [0, 0.1) is 26.7 Å². The number of hydrogen-bond acceptors (Lipinski definition) is 4. The third kappa shape index (κ3) is 4.55. The third-order valence-electron chi connectivity index (χ3n) is 6.03. The molecule has 32 heavy (non-hydrogen) atoms. The zero-order valence-electron chi connectivity index (χ0n) is 18.6. The number of carbonyl (C=O) groups excluding carboxylic acids is 1. The number of aryl methyl sites for hydroxylation is 3. The highest BCUT2D eigenvalue weighted by atomic mass is 35.5. The van der Waals surface area contributed by atoms with Crippen molar-refractivity contribution in [3.05, 3.63) is 80.6 Å². The molecule has 1 amide bonds. The predicted molar refractivity (Wildman–Crippen MR) is 129 cm³/mol. The highest BCUT2D eigenvalue weighted by Gasteiger charge is 2.27. The van der Waals surface area contributed by atoms with Gasteiger partial charge in [-0.25, -0.2) is 0 Å². The fourth-order valence-electron chi connectivity index (χ4n) is 4.10. The summed E-state index contributed by atoms with van der Waals surface area (Å²) < 4.78 is 1.36. The van der Waals surface area contributed by atoms with Gasteiger partial charge in [0.2, 0.25) is 5.91 Å². The van der Waals surface area contributed by atoms with Crippen LogP contribution in [0.2, 0.25) is 5.02 Å². The molecule has 2 aromatic carbocycles. The van der Waals surface area contributed by atoms with Crippen LogP contribution in [0.15, 0.2) is 53.3 Å². The van der Waals surface area contributed by atoms with E-state index in [4.69, 9.17) is 11.6 Å². The summed E-state index contributed by atoms with van der Waals surface area (Å²) in [6, 6.07) is 14.7. The average molecular weight is 451 g/mol. The molecule has 3 aromatic rings. The van der Waals surface area contributed by atoms with Gasteiger partial charge in [-0.3, -0.25) is 9.59 Å².